The maximum atomic E-state index is 11.8. The second-order valence-electron chi connectivity index (χ2n) is 6.94. The highest BCUT2D eigenvalue weighted by atomic mass is 16.6. The maximum Gasteiger partial charge on any atom is 0.407 e. The first-order valence-electron chi connectivity index (χ1n) is 8.75. The zero-order valence-electron chi connectivity index (χ0n) is 15.9. The Morgan fingerprint density at radius 2 is 2.04 bits per heavy atom. The van der Waals surface area contributed by atoms with E-state index in [1.165, 1.54) is 0 Å². The molecule has 0 unspecified atom stereocenters. The van der Waals surface area contributed by atoms with Crippen LogP contribution in [0.4, 0.5) is 4.79 Å². The Labute approximate surface area is 150 Å². The van der Waals surface area contributed by atoms with E-state index in [2.05, 4.69) is 12.2 Å². The Balaban J connectivity index is 2.79. The topological polar surface area (TPSA) is 77.0 Å². The van der Waals surface area contributed by atoms with E-state index in [4.69, 9.17) is 14.2 Å². The van der Waals surface area contributed by atoms with E-state index >= 15 is 0 Å². The number of rotatable bonds is 9. The van der Waals surface area contributed by atoms with Gasteiger partial charge in [0, 0.05) is 18.2 Å². The van der Waals surface area contributed by atoms with Gasteiger partial charge in [-0.3, -0.25) is 0 Å². The lowest BCUT2D eigenvalue weighted by molar-refractivity contribution is 0.0522. The molecule has 6 heteroatoms. The molecule has 0 bridgehead atoms. The molecular formula is C19H31NO5. The minimum absolute atomic E-state index is 0.0974. The number of hydrogen-bond acceptors (Lipinski definition) is 5. The van der Waals surface area contributed by atoms with Gasteiger partial charge in [0.2, 0.25) is 0 Å². The Bertz CT molecular complexity index is 539. The van der Waals surface area contributed by atoms with Crippen LogP contribution in [-0.2, 0) is 11.3 Å². The molecule has 25 heavy (non-hydrogen) atoms. The second-order valence-corrected chi connectivity index (χ2v) is 6.94. The summed E-state index contributed by atoms with van der Waals surface area (Å²) in [7, 11) is 0. The Morgan fingerprint density at radius 3 is 2.64 bits per heavy atom. The Hall–Kier alpha value is -1.95. The van der Waals surface area contributed by atoms with Gasteiger partial charge in [-0.1, -0.05) is 13.3 Å². The summed E-state index contributed by atoms with van der Waals surface area (Å²) in [6.45, 7) is 10.1. The van der Waals surface area contributed by atoms with Crippen LogP contribution in [0.1, 0.15) is 53.0 Å². The SMILES string of the molecule is CCCCOc1ccc(CNC(=O)OC(C)(C)C)c(O[C@H](C)CO)c1. The molecule has 0 aliphatic heterocycles. The quantitative estimate of drug-likeness (QED) is 0.663. The van der Waals surface area contributed by atoms with E-state index in [1.807, 2.05) is 32.9 Å². The number of carbonyl (C=O) groups excluding carboxylic acids is 1. The van der Waals surface area contributed by atoms with Crippen molar-refractivity contribution in [3.63, 3.8) is 0 Å². The fourth-order valence-corrected chi connectivity index (χ4v) is 1.95. The van der Waals surface area contributed by atoms with Gasteiger partial charge in [-0.2, -0.15) is 0 Å². The molecule has 1 amide bonds. The zero-order chi connectivity index (χ0) is 18.9. The minimum Gasteiger partial charge on any atom is -0.493 e. The minimum atomic E-state index is -0.550. The van der Waals surface area contributed by atoms with Crippen LogP contribution < -0.4 is 14.8 Å². The highest BCUT2D eigenvalue weighted by molar-refractivity contribution is 5.67. The molecule has 0 saturated heterocycles. The van der Waals surface area contributed by atoms with E-state index in [0.29, 0.717) is 18.1 Å². The Kier molecular flexibility index (Phi) is 8.55. The first-order chi connectivity index (χ1) is 11.7. The normalized spacial score (nSPS) is 12.4. The number of unbranched alkanes of at least 4 members (excludes halogenated alkanes) is 1. The van der Waals surface area contributed by atoms with E-state index in [-0.39, 0.29) is 19.3 Å². The molecule has 1 atom stereocenters. The average molecular weight is 353 g/mol. The van der Waals surface area contributed by atoms with Crippen molar-refractivity contribution in [3.05, 3.63) is 23.8 Å². The van der Waals surface area contributed by atoms with Crippen LogP contribution in [-0.4, -0.2) is 36.1 Å². The summed E-state index contributed by atoms with van der Waals surface area (Å²) in [5.74, 6) is 1.28. The summed E-state index contributed by atoms with van der Waals surface area (Å²) in [6.07, 6.45) is 1.19. The summed E-state index contributed by atoms with van der Waals surface area (Å²) in [5, 5.41) is 11.9. The standard InChI is InChI=1S/C19H31NO5/c1-6-7-10-23-16-9-8-15(17(11-16)24-14(2)13-21)12-20-18(22)25-19(3,4)5/h8-9,11,14,21H,6-7,10,12-13H2,1-5H3,(H,20,22)/t14-/m1/s1. The molecule has 0 heterocycles. The molecule has 6 nitrogen and oxygen atoms in total. The molecule has 0 aliphatic rings. The predicted molar refractivity (Wildman–Crippen MR) is 97.1 cm³/mol. The number of aliphatic hydroxyl groups is 1. The number of nitrogens with one attached hydrogen (secondary N) is 1. The lowest BCUT2D eigenvalue weighted by Crippen LogP contribution is -2.32. The van der Waals surface area contributed by atoms with Gasteiger partial charge in [-0.05, 0) is 46.2 Å². The fourth-order valence-electron chi connectivity index (χ4n) is 1.95. The van der Waals surface area contributed by atoms with Gasteiger partial charge < -0.3 is 24.6 Å². The number of benzene rings is 1. The van der Waals surface area contributed by atoms with E-state index in [9.17, 15) is 9.90 Å². The van der Waals surface area contributed by atoms with Crippen LogP contribution in [0.2, 0.25) is 0 Å². The van der Waals surface area contributed by atoms with E-state index in [0.717, 1.165) is 18.4 Å². The summed E-state index contributed by atoms with van der Waals surface area (Å²) in [6, 6.07) is 5.48. The molecule has 1 rings (SSSR count). The first kappa shape index (κ1) is 21.1. The predicted octanol–water partition coefficient (Wildman–Crippen LogP) is 3.65. The van der Waals surface area contributed by atoms with Crippen molar-refractivity contribution in [1.29, 1.82) is 0 Å². The molecule has 2 N–H and O–H groups in total. The number of hydrogen-bond donors (Lipinski definition) is 2. The molecule has 142 valence electrons. The van der Waals surface area contributed by atoms with Crippen molar-refractivity contribution in [1.82, 2.24) is 5.32 Å². The molecular weight excluding hydrogens is 322 g/mol. The second kappa shape index (κ2) is 10.1. The maximum absolute atomic E-state index is 11.8. The number of amides is 1. The molecule has 0 spiro atoms. The van der Waals surface area contributed by atoms with Crippen molar-refractivity contribution in [2.45, 2.75) is 65.7 Å². The highest BCUT2D eigenvalue weighted by Gasteiger charge is 2.17. The number of ether oxygens (including phenoxy) is 3. The summed E-state index contributed by atoms with van der Waals surface area (Å²) < 4.78 is 16.7. The number of alkyl carbamates (subject to hydrolysis) is 1. The van der Waals surface area contributed by atoms with Crippen molar-refractivity contribution < 1.29 is 24.1 Å². The van der Waals surface area contributed by atoms with Crippen LogP contribution in [0, 0.1) is 0 Å². The summed E-state index contributed by atoms with van der Waals surface area (Å²) in [4.78, 5) is 11.8. The van der Waals surface area contributed by atoms with Crippen molar-refractivity contribution in [3.8, 4) is 11.5 Å². The number of aliphatic hydroxyl groups excluding tert-OH is 1. The van der Waals surface area contributed by atoms with Crippen LogP contribution in [0.5, 0.6) is 11.5 Å². The van der Waals surface area contributed by atoms with E-state index < -0.39 is 11.7 Å². The third-order valence-electron chi connectivity index (χ3n) is 3.21. The van der Waals surface area contributed by atoms with Gasteiger partial charge in [0.1, 0.15) is 23.2 Å². The van der Waals surface area contributed by atoms with Crippen LogP contribution >= 0.6 is 0 Å². The van der Waals surface area contributed by atoms with Gasteiger partial charge in [0.15, 0.2) is 0 Å². The fraction of sp³-hybridized carbons (Fsp3) is 0.632. The average Bonchev–Trinajstić information content (AvgIpc) is 2.52. The largest absolute Gasteiger partial charge is 0.493 e. The van der Waals surface area contributed by atoms with Crippen molar-refractivity contribution in [2.75, 3.05) is 13.2 Å². The first-order valence-corrected chi connectivity index (χ1v) is 8.75. The van der Waals surface area contributed by atoms with Gasteiger partial charge >= 0.3 is 6.09 Å². The molecule has 0 radical (unpaired) electrons. The summed E-state index contributed by atoms with van der Waals surface area (Å²) in [5.41, 5.74) is 0.236. The summed E-state index contributed by atoms with van der Waals surface area (Å²) >= 11 is 0. The molecule has 1 aromatic carbocycles. The lowest BCUT2D eigenvalue weighted by Gasteiger charge is -2.21. The van der Waals surface area contributed by atoms with Crippen LogP contribution in [0.25, 0.3) is 0 Å². The highest BCUT2D eigenvalue weighted by Crippen LogP contribution is 2.26. The van der Waals surface area contributed by atoms with Crippen LogP contribution in [0.3, 0.4) is 0 Å². The van der Waals surface area contributed by atoms with Crippen molar-refractivity contribution >= 4 is 6.09 Å². The van der Waals surface area contributed by atoms with Gasteiger partial charge in [0.25, 0.3) is 0 Å². The Morgan fingerprint density at radius 1 is 1.32 bits per heavy atom. The molecule has 0 aromatic heterocycles. The van der Waals surface area contributed by atoms with Crippen molar-refractivity contribution in [2.24, 2.45) is 0 Å². The van der Waals surface area contributed by atoms with Gasteiger partial charge in [-0.15, -0.1) is 0 Å². The third kappa shape index (κ3) is 8.63. The van der Waals surface area contributed by atoms with Gasteiger partial charge in [-0.25, -0.2) is 4.79 Å². The van der Waals surface area contributed by atoms with E-state index in [1.54, 1.807) is 13.0 Å². The monoisotopic (exact) mass is 353 g/mol. The van der Waals surface area contributed by atoms with Gasteiger partial charge in [0.05, 0.1) is 13.2 Å². The molecule has 0 saturated carbocycles. The molecule has 1 aromatic rings. The number of carbonyl (C=O) groups is 1. The van der Waals surface area contributed by atoms with Crippen LogP contribution in [0.15, 0.2) is 18.2 Å². The smallest absolute Gasteiger partial charge is 0.407 e. The zero-order valence-corrected chi connectivity index (χ0v) is 15.9. The molecule has 0 fully saturated rings. The lowest BCUT2D eigenvalue weighted by atomic mass is 10.2. The third-order valence-corrected chi connectivity index (χ3v) is 3.21. The molecule has 0 aliphatic carbocycles.